The van der Waals surface area contributed by atoms with Crippen LogP contribution >= 0.6 is 0 Å². The Morgan fingerprint density at radius 3 is 2.65 bits per heavy atom. The van der Waals surface area contributed by atoms with E-state index < -0.39 is 0 Å². The molecular formula is C16H25N3O. The van der Waals surface area contributed by atoms with Crippen LogP contribution in [0.5, 0.6) is 0 Å². The van der Waals surface area contributed by atoms with Crippen LogP contribution in [0.4, 0.5) is 0 Å². The van der Waals surface area contributed by atoms with Gasteiger partial charge in [-0.05, 0) is 25.5 Å². The second kappa shape index (κ2) is 10.1. The lowest BCUT2D eigenvalue weighted by atomic mass is 10.1. The van der Waals surface area contributed by atoms with Crippen molar-refractivity contribution in [1.29, 1.82) is 0 Å². The van der Waals surface area contributed by atoms with Crippen LogP contribution in [0.2, 0.25) is 0 Å². The zero-order valence-corrected chi connectivity index (χ0v) is 12.6. The summed E-state index contributed by atoms with van der Waals surface area (Å²) >= 11 is 0. The Morgan fingerprint density at radius 1 is 1.20 bits per heavy atom. The Labute approximate surface area is 121 Å². The Hall–Kier alpha value is -1.71. The summed E-state index contributed by atoms with van der Waals surface area (Å²) in [6.07, 6.45) is 9.36. The molecule has 4 heteroatoms. The molecule has 0 aliphatic carbocycles. The Bertz CT molecular complexity index is 415. The van der Waals surface area contributed by atoms with E-state index in [4.69, 9.17) is 0 Å². The van der Waals surface area contributed by atoms with Crippen LogP contribution in [-0.2, 0) is 4.79 Å². The van der Waals surface area contributed by atoms with E-state index in [1.165, 1.54) is 25.7 Å². The summed E-state index contributed by atoms with van der Waals surface area (Å²) in [5.41, 5.74) is 4.10. The first-order chi connectivity index (χ1) is 9.74. The van der Waals surface area contributed by atoms with Crippen molar-refractivity contribution in [2.24, 2.45) is 5.10 Å². The van der Waals surface area contributed by atoms with Crippen LogP contribution in [0.3, 0.4) is 0 Å². The fraction of sp³-hybridized carbons (Fsp3) is 0.562. The third-order valence-corrected chi connectivity index (χ3v) is 3.14. The van der Waals surface area contributed by atoms with Crippen LogP contribution in [0, 0.1) is 0 Å². The molecule has 0 saturated carbocycles. The van der Waals surface area contributed by atoms with Gasteiger partial charge >= 0.3 is 0 Å². The highest BCUT2D eigenvalue weighted by atomic mass is 16.2. The van der Waals surface area contributed by atoms with E-state index in [1.807, 2.05) is 25.1 Å². The van der Waals surface area contributed by atoms with Crippen molar-refractivity contribution in [1.82, 2.24) is 10.4 Å². The van der Waals surface area contributed by atoms with Crippen LogP contribution in [0.1, 0.15) is 64.5 Å². The molecule has 0 aromatic carbocycles. The molecule has 0 saturated heterocycles. The highest BCUT2D eigenvalue weighted by molar-refractivity contribution is 5.97. The first-order valence-corrected chi connectivity index (χ1v) is 7.48. The largest absolute Gasteiger partial charge is 0.273 e. The number of unbranched alkanes of at least 4 members (excludes halogenated alkanes) is 5. The minimum Gasteiger partial charge on any atom is -0.273 e. The van der Waals surface area contributed by atoms with Gasteiger partial charge < -0.3 is 0 Å². The lowest BCUT2D eigenvalue weighted by Gasteiger charge is -2.02. The summed E-state index contributed by atoms with van der Waals surface area (Å²) in [6.45, 7) is 4.04. The molecule has 0 aliphatic heterocycles. The quantitative estimate of drug-likeness (QED) is 0.424. The molecule has 4 nitrogen and oxygen atoms in total. The number of pyridine rings is 1. The summed E-state index contributed by atoms with van der Waals surface area (Å²) in [6, 6.07) is 5.63. The van der Waals surface area contributed by atoms with Gasteiger partial charge in [0.25, 0.3) is 0 Å². The zero-order valence-electron chi connectivity index (χ0n) is 12.6. The van der Waals surface area contributed by atoms with Crippen molar-refractivity contribution >= 4 is 11.6 Å². The molecule has 1 N–H and O–H groups in total. The van der Waals surface area contributed by atoms with Crippen molar-refractivity contribution in [3.05, 3.63) is 30.1 Å². The summed E-state index contributed by atoms with van der Waals surface area (Å²) in [5.74, 6) is -0.0178. The van der Waals surface area contributed by atoms with Crippen LogP contribution in [0.25, 0.3) is 0 Å². The van der Waals surface area contributed by atoms with Gasteiger partial charge in [-0.3, -0.25) is 9.78 Å². The van der Waals surface area contributed by atoms with E-state index in [2.05, 4.69) is 22.4 Å². The standard InChI is InChI=1S/C16H25N3O/c1-3-4-5-6-7-8-12-16(20)19-18-14(2)15-11-9-10-13-17-15/h9-11,13H,3-8,12H2,1-2H3,(H,19,20)/b18-14-. The van der Waals surface area contributed by atoms with E-state index in [1.54, 1.807) is 6.20 Å². The zero-order chi connectivity index (χ0) is 14.6. The van der Waals surface area contributed by atoms with E-state index in [0.29, 0.717) is 6.42 Å². The topological polar surface area (TPSA) is 54.4 Å². The number of amides is 1. The van der Waals surface area contributed by atoms with E-state index >= 15 is 0 Å². The molecule has 20 heavy (non-hydrogen) atoms. The number of hydrogen-bond donors (Lipinski definition) is 1. The molecule has 0 radical (unpaired) electrons. The van der Waals surface area contributed by atoms with Gasteiger partial charge in [0.15, 0.2) is 0 Å². The molecule has 110 valence electrons. The van der Waals surface area contributed by atoms with Gasteiger partial charge in [0.1, 0.15) is 0 Å². The molecule has 0 atom stereocenters. The molecule has 1 rings (SSSR count). The summed E-state index contributed by atoms with van der Waals surface area (Å²) in [4.78, 5) is 15.8. The number of carbonyl (C=O) groups is 1. The lowest BCUT2D eigenvalue weighted by molar-refractivity contribution is -0.121. The Kier molecular flexibility index (Phi) is 8.27. The first kappa shape index (κ1) is 16.3. The van der Waals surface area contributed by atoms with Crippen molar-refractivity contribution < 1.29 is 4.79 Å². The first-order valence-electron chi connectivity index (χ1n) is 7.48. The molecule has 0 fully saturated rings. The maximum absolute atomic E-state index is 11.6. The molecule has 1 amide bonds. The maximum atomic E-state index is 11.6. The number of carbonyl (C=O) groups excluding carboxylic acids is 1. The average molecular weight is 275 g/mol. The van der Waals surface area contributed by atoms with Crippen molar-refractivity contribution in [3.8, 4) is 0 Å². The lowest BCUT2D eigenvalue weighted by Crippen LogP contribution is -2.19. The fourth-order valence-electron chi connectivity index (χ4n) is 1.90. The third kappa shape index (κ3) is 7.02. The molecule has 0 aliphatic rings. The number of nitrogens with zero attached hydrogens (tertiary/aromatic N) is 2. The normalized spacial score (nSPS) is 11.4. The highest BCUT2D eigenvalue weighted by Crippen LogP contribution is 2.06. The van der Waals surface area contributed by atoms with Gasteiger partial charge in [-0.15, -0.1) is 0 Å². The van der Waals surface area contributed by atoms with E-state index in [9.17, 15) is 4.79 Å². The minimum absolute atomic E-state index is 0.0178. The fourth-order valence-corrected chi connectivity index (χ4v) is 1.90. The van der Waals surface area contributed by atoms with E-state index in [-0.39, 0.29) is 5.91 Å². The van der Waals surface area contributed by atoms with Crippen LogP contribution in [-0.4, -0.2) is 16.6 Å². The van der Waals surface area contributed by atoms with Crippen LogP contribution < -0.4 is 5.43 Å². The molecular weight excluding hydrogens is 250 g/mol. The summed E-state index contributed by atoms with van der Waals surface area (Å²) < 4.78 is 0. The number of rotatable bonds is 9. The summed E-state index contributed by atoms with van der Waals surface area (Å²) in [7, 11) is 0. The minimum atomic E-state index is -0.0178. The van der Waals surface area contributed by atoms with Gasteiger partial charge in [-0.2, -0.15) is 5.10 Å². The molecule has 0 bridgehead atoms. The van der Waals surface area contributed by atoms with Gasteiger partial charge in [0.05, 0.1) is 11.4 Å². The van der Waals surface area contributed by atoms with Crippen molar-refractivity contribution in [2.75, 3.05) is 0 Å². The van der Waals surface area contributed by atoms with Crippen molar-refractivity contribution in [2.45, 2.75) is 58.8 Å². The predicted octanol–water partition coefficient (Wildman–Crippen LogP) is 3.67. The molecule has 1 heterocycles. The Balaban J connectivity index is 2.19. The third-order valence-electron chi connectivity index (χ3n) is 3.14. The SMILES string of the molecule is CCCCCCCCC(=O)N/N=C(/C)c1ccccn1. The molecule has 0 unspecified atom stereocenters. The second-order valence-electron chi connectivity index (χ2n) is 4.96. The Morgan fingerprint density at radius 2 is 1.95 bits per heavy atom. The number of nitrogens with one attached hydrogen (secondary N) is 1. The number of aromatic nitrogens is 1. The second-order valence-corrected chi connectivity index (χ2v) is 4.96. The average Bonchev–Trinajstić information content (AvgIpc) is 2.49. The summed E-state index contributed by atoms with van der Waals surface area (Å²) in [5, 5.41) is 4.08. The van der Waals surface area contributed by atoms with Gasteiger partial charge in [0, 0.05) is 12.6 Å². The number of hydrogen-bond acceptors (Lipinski definition) is 3. The van der Waals surface area contributed by atoms with Gasteiger partial charge in [0.2, 0.25) is 5.91 Å². The highest BCUT2D eigenvalue weighted by Gasteiger charge is 2.01. The maximum Gasteiger partial charge on any atom is 0.240 e. The number of hydrazone groups is 1. The smallest absolute Gasteiger partial charge is 0.240 e. The molecule has 1 aromatic heterocycles. The van der Waals surface area contributed by atoms with Gasteiger partial charge in [-0.1, -0.05) is 45.1 Å². The predicted molar refractivity (Wildman–Crippen MR) is 82.6 cm³/mol. The van der Waals surface area contributed by atoms with E-state index in [0.717, 1.165) is 24.2 Å². The molecule has 1 aromatic rings. The van der Waals surface area contributed by atoms with Gasteiger partial charge in [-0.25, -0.2) is 5.43 Å². The van der Waals surface area contributed by atoms with Crippen LogP contribution in [0.15, 0.2) is 29.5 Å². The monoisotopic (exact) mass is 275 g/mol. The van der Waals surface area contributed by atoms with Crippen molar-refractivity contribution in [3.63, 3.8) is 0 Å². The molecule has 0 spiro atoms.